The summed E-state index contributed by atoms with van der Waals surface area (Å²) in [4.78, 5) is 0. The Kier molecular flexibility index (Phi) is 3.31. The molecule has 100 valence electrons. The fourth-order valence-corrected chi connectivity index (χ4v) is 3.38. The summed E-state index contributed by atoms with van der Waals surface area (Å²) < 4.78 is 1.80. The largest absolute Gasteiger partial charge is 0.271 e. The van der Waals surface area contributed by atoms with Gasteiger partial charge in [0.2, 0.25) is 0 Å². The molecule has 1 aliphatic rings. The van der Waals surface area contributed by atoms with Crippen LogP contribution in [0.25, 0.3) is 0 Å². The summed E-state index contributed by atoms with van der Waals surface area (Å²) in [7, 11) is 1.90. The van der Waals surface area contributed by atoms with E-state index >= 15 is 0 Å². The Morgan fingerprint density at radius 1 is 1.47 bits per heavy atom. The molecule has 0 bridgehead atoms. The van der Waals surface area contributed by atoms with Crippen LogP contribution in [0.15, 0.2) is 30.5 Å². The molecule has 2 unspecified atom stereocenters. The lowest BCUT2D eigenvalue weighted by Crippen LogP contribution is -2.33. The first-order valence-corrected chi connectivity index (χ1v) is 6.81. The lowest BCUT2D eigenvalue weighted by molar-refractivity contribution is 0.427. The molecule has 2 atom stereocenters. The van der Waals surface area contributed by atoms with Crippen molar-refractivity contribution in [1.29, 1.82) is 0 Å². The van der Waals surface area contributed by atoms with Crippen LogP contribution >= 0.6 is 11.6 Å². The lowest BCUT2D eigenvalue weighted by atomic mass is 9.91. The molecule has 0 saturated heterocycles. The van der Waals surface area contributed by atoms with E-state index < -0.39 is 0 Å². The summed E-state index contributed by atoms with van der Waals surface area (Å²) in [5, 5.41) is 4.86. The van der Waals surface area contributed by atoms with E-state index in [4.69, 9.17) is 17.4 Å². The number of nitrogens with two attached hydrogens (primary N) is 1. The summed E-state index contributed by atoms with van der Waals surface area (Å²) in [6.07, 6.45) is 3.84. The first-order chi connectivity index (χ1) is 9.22. The van der Waals surface area contributed by atoms with Crippen molar-refractivity contribution in [2.75, 3.05) is 0 Å². The summed E-state index contributed by atoms with van der Waals surface area (Å²) in [6.45, 7) is 0. The van der Waals surface area contributed by atoms with Gasteiger partial charge in [0, 0.05) is 13.0 Å². The monoisotopic (exact) mass is 276 g/mol. The Bertz CT molecular complexity index is 573. The van der Waals surface area contributed by atoms with Crippen molar-refractivity contribution in [2.45, 2.75) is 24.8 Å². The second-order valence-corrected chi connectivity index (χ2v) is 5.40. The number of nitrogens with zero attached hydrogens (tertiary/aromatic N) is 2. The Morgan fingerprint density at radius 3 is 2.95 bits per heavy atom. The van der Waals surface area contributed by atoms with E-state index in [0.717, 1.165) is 18.5 Å². The molecule has 0 saturated carbocycles. The highest BCUT2D eigenvalue weighted by atomic mass is 35.5. The highest BCUT2D eigenvalue weighted by molar-refractivity contribution is 6.31. The molecule has 0 fully saturated rings. The van der Waals surface area contributed by atoms with Crippen LogP contribution in [0.5, 0.6) is 0 Å². The average Bonchev–Trinajstić information content (AvgIpc) is 2.98. The molecule has 3 N–H and O–H groups in total. The maximum atomic E-state index is 6.25. The standard InChI is InChI=1S/C14H17ClN4/c1-19-14(12(15)8-17-19)13(18-16)11-7-6-9-4-2-3-5-10(9)11/h2-5,8,11,13,18H,6-7,16H2,1H3. The molecule has 0 radical (unpaired) electrons. The van der Waals surface area contributed by atoms with Crippen LogP contribution in [0.2, 0.25) is 5.02 Å². The molecule has 1 aromatic heterocycles. The zero-order valence-electron chi connectivity index (χ0n) is 10.8. The summed E-state index contributed by atoms with van der Waals surface area (Å²) in [5.74, 6) is 6.13. The van der Waals surface area contributed by atoms with Crippen molar-refractivity contribution in [3.8, 4) is 0 Å². The lowest BCUT2D eigenvalue weighted by Gasteiger charge is -2.24. The van der Waals surface area contributed by atoms with Crippen LogP contribution in [0.4, 0.5) is 0 Å². The minimum atomic E-state index is -0.0105. The van der Waals surface area contributed by atoms with E-state index in [9.17, 15) is 0 Å². The SMILES string of the molecule is Cn1ncc(Cl)c1C(NN)C1CCc2ccccc21. The van der Waals surface area contributed by atoms with Gasteiger partial charge in [-0.05, 0) is 24.0 Å². The number of hydrogen-bond donors (Lipinski definition) is 2. The molecule has 19 heavy (non-hydrogen) atoms. The minimum absolute atomic E-state index is 0.0105. The van der Waals surface area contributed by atoms with E-state index in [1.807, 2.05) is 7.05 Å². The molecular formula is C14H17ClN4. The van der Waals surface area contributed by atoms with Gasteiger partial charge in [0.15, 0.2) is 0 Å². The van der Waals surface area contributed by atoms with E-state index in [2.05, 4.69) is 34.8 Å². The van der Waals surface area contributed by atoms with Gasteiger partial charge in [0.25, 0.3) is 0 Å². The molecular weight excluding hydrogens is 260 g/mol. The van der Waals surface area contributed by atoms with E-state index in [-0.39, 0.29) is 6.04 Å². The number of aryl methyl sites for hydroxylation is 2. The summed E-state index contributed by atoms with van der Waals surface area (Å²) >= 11 is 6.25. The highest BCUT2D eigenvalue weighted by Gasteiger charge is 2.32. The summed E-state index contributed by atoms with van der Waals surface area (Å²) in [5.41, 5.74) is 6.65. The van der Waals surface area contributed by atoms with Gasteiger partial charge in [-0.15, -0.1) is 0 Å². The summed E-state index contributed by atoms with van der Waals surface area (Å²) in [6, 6.07) is 8.53. The molecule has 1 aliphatic carbocycles. The van der Waals surface area contributed by atoms with Crippen molar-refractivity contribution >= 4 is 11.6 Å². The zero-order valence-corrected chi connectivity index (χ0v) is 11.6. The van der Waals surface area contributed by atoms with Gasteiger partial charge in [-0.2, -0.15) is 5.10 Å². The maximum absolute atomic E-state index is 6.25. The first-order valence-electron chi connectivity index (χ1n) is 6.43. The second-order valence-electron chi connectivity index (χ2n) is 4.99. The van der Waals surface area contributed by atoms with Gasteiger partial charge < -0.3 is 0 Å². The zero-order chi connectivity index (χ0) is 13.4. The van der Waals surface area contributed by atoms with Gasteiger partial charge in [0.1, 0.15) is 0 Å². The molecule has 4 nitrogen and oxygen atoms in total. The van der Waals surface area contributed by atoms with Crippen molar-refractivity contribution in [3.05, 3.63) is 52.3 Å². The Morgan fingerprint density at radius 2 is 2.26 bits per heavy atom. The minimum Gasteiger partial charge on any atom is -0.271 e. The average molecular weight is 277 g/mol. The predicted octanol–water partition coefficient (Wildman–Crippen LogP) is 2.31. The number of hydrazine groups is 1. The van der Waals surface area contributed by atoms with E-state index in [1.54, 1.807) is 10.9 Å². The molecule has 5 heteroatoms. The second kappa shape index (κ2) is 4.96. The molecule has 0 amide bonds. The molecule has 0 aliphatic heterocycles. The number of nitrogens with one attached hydrogen (secondary N) is 1. The van der Waals surface area contributed by atoms with Crippen LogP contribution in [0.1, 0.15) is 35.2 Å². The molecule has 2 aromatic rings. The van der Waals surface area contributed by atoms with Crippen LogP contribution in [0.3, 0.4) is 0 Å². The number of halogens is 1. The van der Waals surface area contributed by atoms with Crippen LogP contribution in [0, 0.1) is 0 Å². The fourth-order valence-electron chi connectivity index (χ4n) is 3.09. The maximum Gasteiger partial charge on any atom is 0.0834 e. The molecule has 3 rings (SSSR count). The van der Waals surface area contributed by atoms with E-state index in [0.29, 0.717) is 10.9 Å². The fraction of sp³-hybridized carbons (Fsp3) is 0.357. The van der Waals surface area contributed by atoms with Crippen LogP contribution < -0.4 is 11.3 Å². The molecule has 0 spiro atoms. The smallest absolute Gasteiger partial charge is 0.0834 e. The van der Waals surface area contributed by atoms with Gasteiger partial charge in [-0.3, -0.25) is 16.0 Å². The molecule has 1 heterocycles. The molecule has 1 aromatic carbocycles. The quantitative estimate of drug-likeness (QED) is 0.668. The number of aromatic nitrogens is 2. The first kappa shape index (κ1) is 12.7. The van der Waals surface area contributed by atoms with E-state index in [1.165, 1.54) is 11.1 Å². The van der Waals surface area contributed by atoms with Crippen molar-refractivity contribution in [2.24, 2.45) is 12.9 Å². The normalized spacial score (nSPS) is 19.4. The Hall–Kier alpha value is -1.36. The Balaban J connectivity index is 2.01. The van der Waals surface area contributed by atoms with Gasteiger partial charge in [-0.25, -0.2) is 0 Å². The number of benzene rings is 1. The Labute approximate surface area is 117 Å². The third-order valence-electron chi connectivity index (χ3n) is 3.99. The van der Waals surface area contributed by atoms with Gasteiger partial charge in [0.05, 0.1) is 23.0 Å². The van der Waals surface area contributed by atoms with Gasteiger partial charge >= 0.3 is 0 Å². The van der Waals surface area contributed by atoms with Crippen LogP contribution in [-0.2, 0) is 13.5 Å². The third kappa shape index (κ3) is 2.06. The number of rotatable bonds is 3. The topological polar surface area (TPSA) is 55.9 Å². The highest BCUT2D eigenvalue weighted by Crippen LogP contribution is 2.42. The van der Waals surface area contributed by atoms with Crippen molar-refractivity contribution < 1.29 is 0 Å². The van der Waals surface area contributed by atoms with Crippen molar-refractivity contribution in [3.63, 3.8) is 0 Å². The number of hydrogen-bond acceptors (Lipinski definition) is 3. The van der Waals surface area contributed by atoms with Crippen LogP contribution in [-0.4, -0.2) is 9.78 Å². The predicted molar refractivity (Wildman–Crippen MR) is 75.8 cm³/mol. The number of fused-ring (bicyclic) bond motifs is 1. The van der Waals surface area contributed by atoms with Gasteiger partial charge in [-0.1, -0.05) is 35.9 Å². The van der Waals surface area contributed by atoms with Crippen molar-refractivity contribution in [1.82, 2.24) is 15.2 Å². The third-order valence-corrected chi connectivity index (χ3v) is 4.28.